The molecule has 0 aromatic carbocycles. The first-order valence-electron chi connectivity index (χ1n) is 6.54. The van der Waals surface area contributed by atoms with E-state index in [0.29, 0.717) is 6.04 Å². The first kappa shape index (κ1) is 11.8. The number of hydrogen-bond acceptors (Lipinski definition) is 3. The second kappa shape index (κ2) is 5.12. The van der Waals surface area contributed by atoms with Gasteiger partial charge in [0.05, 0.1) is 6.04 Å². The molecule has 1 saturated carbocycles. The second-order valence-corrected chi connectivity index (χ2v) is 5.85. The van der Waals surface area contributed by atoms with Crippen LogP contribution in [0.5, 0.6) is 0 Å². The van der Waals surface area contributed by atoms with E-state index in [-0.39, 0.29) is 0 Å². The van der Waals surface area contributed by atoms with Gasteiger partial charge in [-0.1, -0.05) is 6.42 Å². The van der Waals surface area contributed by atoms with Crippen molar-refractivity contribution >= 4 is 15.9 Å². The smallest absolute Gasteiger partial charge is 0.169 e. The molecule has 0 amide bonds. The summed E-state index contributed by atoms with van der Waals surface area (Å²) in [5, 5.41) is 3.42. The van der Waals surface area contributed by atoms with Gasteiger partial charge >= 0.3 is 0 Å². The van der Waals surface area contributed by atoms with E-state index in [0.717, 1.165) is 42.5 Å². The Kier molecular flexibility index (Phi) is 3.54. The fraction of sp³-hybridized carbons (Fsp3) is 0.692. The summed E-state index contributed by atoms with van der Waals surface area (Å²) >= 11 is 3.42. The first-order valence-corrected chi connectivity index (χ1v) is 7.34. The fourth-order valence-corrected chi connectivity index (χ4v) is 3.23. The third kappa shape index (κ3) is 2.44. The lowest BCUT2D eigenvalue weighted by molar-refractivity contribution is 0.0678. The van der Waals surface area contributed by atoms with E-state index in [9.17, 15) is 0 Å². The van der Waals surface area contributed by atoms with Crippen LogP contribution in [0.15, 0.2) is 21.2 Å². The van der Waals surface area contributed by atoms with Gasteiger partial charge in [0.15, 0.2) is 4.67 Å². The molecule has 0 spiro atoms. The summed E-state index contributed by atoms with van der Waals surface area (Å²) in [5.41, 5.74) is 0. The lowest BCUT2D eigenvalue weighted by Gasteiger charge is -2.41. The van der Waals surface area contributed by atoms with Gasteiger partial charge in [0.25, 0.3) is 0 Å². The van der Waals surface area contributed by atoms with Crippen LogP contribution in [0, 0.1) is 5.92 Å². The summed E-state index contributed by atoms with van der Waals surface area (Å²) < 4.78 is 6.66. The van der Waals surface area contributed by atoms with Crippen molar-refractivity contribution < 1.29 is 4.42 Å². The molecule has 1 aliphatic heterocycles. The molecule has 2 heterocycles. The van der Waals surface area contributed by atoms with E-state index in [1.54, 1.807) is 0 Å². The van der Waals surface area contributed by atoms with Crippen molar-refractivity contribution in [3.63, 3.8) is 0 Å². The zero-order valence-electron chi connectivity index (χ0n) is 9.99. The van der Waals surface area contributed by atoms with Gasteiger partial charge in [0.2, 0.25) is 0 Å². The fourth-order valence-electron chi connectivity index (χ4n) is 2.91. The van der Waals surface area contributed by atoms with Crippen LogP contribution < -0.4 is 5.32 Å². The Morgan fingerprint density at radius 1 is 1.29 bits per heavy atom. The molecule has 0 radical (unpaired) electrons. The molecule has 1 N–H and O–H groups in total. The summed E-state index contributed by atoms with van der Waals surface area (Å²) in [7, 11) is 0. The van der Waals surface area contributed by atoms with Crippen molar-refractivity contribution in [3.8, 4) is 0 Å². The van der Waals surface area contributed by atoms with Crippen LogP contribution in [0.25, 0.3) is 0 Å². The first-order chi connectivity index (χ1) is 8.34. The normalized spacial score (nSPS) is 24.5. The van der Waals surface area contributed by atoms with Crippen molar-refractivity contribution in [2.45, 2.75) is 25.3 Å². The number of hydrogen-bond donors (Lipinski definition) is 1. The van der Waals surface area contributed by atoms with Gasteiger partial charge in [0, 0.05) is 26.2 Å². The molecule has 1 aromatic rings. The molecule has 3 rings (SSSR count). The predicted octanol–water partition coefficient (Wildman–Crippen LogP) is 2.79. The van der Waals surface area contributed by atoms with Crippen LogP contribution in [0.1, 0.15) is 31.1 Å². The minimum Gasteiger partial charge on any atom is -0.453 e. The molecule has 1 atom stereocenters. The highest BCUT2D eigenvalue weighted by Gasteiger charge is 2.35. The van der Waals surface area contributed by atoms with Crippen molar-refractivity contribution in [3.05, 3.63) is 22.6 Å². The molecule has 0 unspecified atom stereocenters. The van der Waals surface area contributed by atoms with Gasteiger partial charge in [-0.15, -0.1) is 0 Å². The zero-order chi connectivity index (χ0) is 11.7. The van der Waals surface area contributed by atoms with Gasteiger partial charge in [-0.2, -0.15) is 0 Å². The highest BCUT2D eigenvalue weighted by molar-refractivity contribution is 9.10. The Morgan fingerprint density at radius 3 is 2.59 bits per heavy atom. The lowest BCUT2D eigenvalue weighted by atomic mass is 9.78. The molecule has 1 saturated heterocycles. The predicted molar refractivity (Wildman–Crippen MR) is 70.9 cm³/mol. The molecule has 3 nitrogen and oxygen atoms in total. The zero-order valence-corrected chi connectivity index (χ0v) is 11.6. The highest BCUT2D eigenvalue weighted by atomic mass is 79.9. The molecule has 1 aromatic heterocycles. The average Bonchev–Trinajstić information content (AvgIpc) is 2.71. The molecule has 1 aliphatic carbocycles. The maximum atomic E-state index is 5.81. The van der Waals surface area contributed by atoms with Crippen LogP contribution in [-0.2, 0) is 0 Å². The van der Waals surface area contributed by atoms with Crippen LogP contribution in [0.2, 0.25) is 0 Å². The molecule has 2 aliphatic rings. The average molecular weight is 299 g/mol. The number of furan rings is 1. The van der Waals surface area contributed by atoms with Gasteiger partial charge in [-0.3, -0.25) is 4.90 Å². The van der Waals surface area contributed by atoms with Crippen LogP contribution in [-0.4, -0.2) is 31.1 Å². The molecule has 17 heavy (non-hydrogen) atoms. The van der Waals surface area contributed by atoms with Crippen LogP contribution >= 0.6 is 15.9 Å². The lowest BCUT2D eigenvalue weighted by Crippen LogP contribution is -2.47. The summed E-state index contributed by atoms with van der Waals surface area (Å²) in [6, 6.07) is 4.65. The van der Waals surface area contributed by atoms with Gasteiger partial charge in [0.1, 0.15) is 5.76 Å². The topological polar surface area (TPSA) is 28.4 Å². The third-order valence-corrected chi connectivity index (χ3v) is 4.45. The van der Waals surface area contributed by atoms with E-state index in [1.165, 1.54) is 19.3 Å². The maximum absolute atomic E-state index is 5.81. The maximum Gasteiger partial charge on any atom is 0.169 e. The summed E-state index contributed by atoms with van der Waals surface area (Å²) in [4.78, 5) is 2.59. The Balaban J connectivity index is 1.80. The summed E-state index contributed by atoms with van der Waals surface area (Å²) in [6.07, 6.45) is 4.09. The largest absolute Gasteiger partial charge is 0.453 e. The van der Waals surface area contributed by atoms with E-state index < -0.39 is 0 Å². The Bertz CT molecular complexity index is 369. The van der Waals surface area contributed by atoms with Crippen molar-refractivity contribution in [1.29, 1.82) is 0 Å². The highest BCUT2D eigenvalue weighted by Crippen LogP contribution is 2.42. The van der Waals surface area contributed by atoms with Crippen molar-refractivity contribution in [2.75, 3.05) is 26.2 Å². The van der Waals surface area contributed by atoms with Gasteiger partial charge in [-0.05, 0) is 46.8 Å². The number of nitrogens with one attached hydrogen (secondary N) is 1. The molecule has 2 fully saturated rings. The van der Waals surface area contributed by atoms with Crippen LogP contribution in [0.4, 0.5) is 0 Å². The molecule has 0 bridgehead atoms. The standard InChI is InChI=1S/C13H19BrN2O/c14-12-5-4-11(17-12)13(10-2-1-3-10)16-8-6-15-7-9-16/h4-5,10,13,15H,1-3,6-9H2/t13-/m1/s1. The van der Waals surface area contributed by atoms with E-state index in [1.807, 2.05) is 6.07 Å². The van der Waals surface area contributed by atoms with E-state index in [4.69, 9.17) is 4.42 Å². The van der Waals surface area contributed by atoms with Crippen LogP contribution in [0.3, 0.4) is 0 Å². The minimum atomic E-state index is 0.497. The minimum absolute atomic E-state index is 0.497. The number of rotatable bonds is 3. The van der Waals surface area contributed by atoms with Crippen molar-refractivity contribution in [2.24, 2.45) is 5.92 Å². The number of piperazine rings is 1. The van der Waals surface area contributed by atoms with E-state index >= 15 is 0 Å². The number of nitrogens with zero attached hydrogens (tertiary/aromatic N) is 1. The monoisotopic (exact) mass is 298 g/mol. The van der Waals surface area contributed by atoms with Crippen molar-refractivity contribution in [1.82, 2.24) is 10.2 Å². The second-order valence-electron chi connectivity index (χ2n) is 5.06. The SMILES string of the molecule is Brc1ccc([C@@H](C2CCC2)N2CCNCC2)o1. The van der Waals surface area contributed by atoms with E-state index in [2.05, 4.69) is 32.2 Å². The Hall–Kier alpha value is -0.320. The van der Waals surface area contributed by atoms with Gasteiger partial charge < -0.3 is 9.73 Å². The molecular formula is C13H19BrN2O. The Labute approximate surface area is 111 Å². The Morgan fingerprint density at radius 2 is 2.06 bits per heavy atom. The quantitative estimate of drug-likeness (QED) is 0.930. The molecule has 94 valence electrons. The molecular weight excluding hydrogens is 280 g/mol. The summed E-state index contributed by atoms with van der Waals surface area (Å²) in [5.74, 6) is 1.94. The molecule has 4 heteroatoms. The van der Waals surface area contributed by atoms with Gasteiger partial charge in [-0.25, -0.2) is 0 Å². The third-order valence-electron chi connectivity index (χ3n) is 4.03. The number of halogens is 1. The summed E-state index contributed by atoms with van der Waals surface area (Å²) in [6.45, 7) is 4.48.